The van der Waals surface area contributed by atoms with E-state index in [-0.39, 0.29) is 5.97 Å². The Morgan fingerprint density at radius 1 is 0.889 bits per heavy atom. The molecule has 0 spiro atoms. The van der Waals surface area contributed by atoms with Crippen molar-refractivity contribution >= 4 is 5.97 Å². The summed E-state index contributed by atoms with van der Waals surface area (Å²) >= 11 is 0. The molecule has 2 nitrogen and oxygen atoms in total. The van der Waals surface area contributed by atoms with E-state index in [0.29, 0.717) is 5.75 Å². The highest BCUT2D eigenvalue weighted by Crippen LogP contribution is 2.38. The third-order valence-electron chi connectivity index (χ3n) is 5.89. The van der Waals surface area contributed by atoms with Crippen molar-refractivity contribution in [3.8, 4) is 16.9 Å². The maximum atomic E-state index is 11.0. The van der Waals surface area contributed by atoms with Crippen LogP contribution >= 0.6 is 0 Å². The lowest BCUT2D eigenvalue weighted by atomic mass is 9.77. The average molecular weight is 365 g/mol. The number of unbranched alkanes of at least 4 members (excludes halogenated alkanes) is 2. The van der Waals surface area contributed by atoms with Gasteiger partial charge in [-0.3, -0.25) is 4.79 Å². The molecule has 1 saturated carbocycles. The molecule has 2 aromatic rings. The summed E-state index contributed by atoms with van der Waals surface area (Å²) in [6.45, 7) is 3.71. The summed E-state index contributed by atoms with van der Waals surface area (Å²) < 4.78 is 5.10. The molecule has 0 saturated heterocycles. The molecule has 0 aromatic heterocycles. The molecule has 2 aromatic carbocycles. The van der Waals surface area contributed by atoms with Crippen molar-refractivity contribution < 1.29 is 9.53 Å². The van der Waals surface area contributed by atoms with Crippen LogP contribution in [0.4, 0.5) is 0 Å². The predicted octanol–water partition coefficient (Wildman–Crippen LogP) is 7.13. The molecular weight excluding hydrogens is 332 g/mol. The van der Waals surface area contributed by atoms with Crippen LogP contribution in [0.2, 0.25) is 0 Å². The molecule has 0 aliphatic heterocycles. The summed E-state index contributed by atoms with van der Waals surface area (Å²) in [5.41, 5.74) is 3.85. The van der Waals surface area contributed by atoms with Crippen molar-refractivity contribution in [2.24, 2.45) is 5.92 Å². The summed E-state index contributed by atoms with van der Waals surface area (Å²) in [5.74, 6) is 2.00. The first kappa shape index (κ1) is 19.7. The Balaban J connectivity index is 1.55. The fraction of sp³-hybridized carbons (Fsp3) is 0.480. The fourth-order valence-electron chi connectivity index (χ4n) is 4.30. The largest absolute Gasteiger partial charge is 0.427 e. The van der Waals surface area contributed by atoms with Gasteiger partial charge in [0.1, 0.15) is 5.75 Å². The van der Waals surface area contributed by atoms with E-state index < -0.39 is 0 Å². The zero-order valence-electron chi connectivity index (χ0n) is 16.7. The normalized spacial score (nSPS) is 19.6. The van der Waals surface area contributed by atoms with Gasteiger partial charge in [0.2, 0.25) is 0 Å². The van der Waals surface area contributed by atoms with Crippen molar-refractivity contribution in [3.63, 3.8) is 0 Å². The van der Waals surface area contributed by atoms with Gasteiger partial charge in [-0.2, -0.15) is 0 Å². The maximum Gasteiger partial charge on any atom is 0.308 e. The van der Waals surface area contributed by atoms with Gasteiger partial charge in [0.05, 0.1) is 0 Å². The highest BCUT2D eigenvalue weighted by Gasteiger charge is 2.22. The molecule has 0 bridgehead atoms. The van der Waals surface area contributed by atoms with E-state index in [1.165, 1.54) is 69.4 Å². The van der Waals surface area contributed by atoms with E-state index in [1.807, 2.05) is 24.3 Å². The van der Waals surface area contributed by atoms with E-state index in [9.17, 15) is 4.79 Å². The van der Waals surface area contributed by atoms with Crippen LogP contribution < -0.4 is 4.74 Å². The van der Waals surface area contributed by atoms with Crippen LogP contribution in [0.1, 0.15) is 76.7 Å². The van der Waals surface area contributed by atoms with Gasteiger partial charge >= 0.3 is 5.97 Å². The minimum atomic E-state index is -0.285. The Labute approximate surface area is 164 Å². The van der Waals surface area contributed by atoms with Crippen LogP contribution in [0.25, 0.3) is 11.1 Å². The molecule has 144 valence electrons. The number of carbonyl (C=O) groups excluding carboxylic acids is 1. The molecule has 1 aliphatic rings. The Morgan fingerprint density at radius 2 is 1.48 bits per heavy atom. The molecule has 0 heterocycles. The Kier molecular flexibility index (Phi) is 7.09. The third kappa shape index (κ3) is 5.69. The molecule has 0 radical (unpaired) electrons. The van der Waals surface area contributed by atoms with Crippen molar-refractivity contribution in [3.05, 3.63) is 54.1 Å². The highest BCUT2D eigenvalue weighted by molar-refractivity contribution is 5.70. The van der Waals surface area contributed by atoms with Crippen molar-refractivity contribution in [1.29, 1.82) is 0 Å². The Hall–Kier alpha value is -2.09. The van der Waals surface area contributed by atoms with Gasteiger partial charge in [-0.1, -0.05) is 69.0 Å². The molecule has 0 N–H and O–H groups in total. The summed E-state index contributed by atoms with van der Waals surface area (Å²) in [6, 6.07) is 16.8. The van der Waals surface area contributed by atoms with Gasteiger partial charge in [0.15, 0.2) is 0 Å². The molecular formula is C25H32O2. The van der Waals surface area contributed by atoms with E-state index in [4.69, 9.17) is 4.74 Å². The van der Waals surface area contributed by atoms with Crippen molar-refractivity contribution in [1.82, 2.24) is 0 Å². The number of carbonyl (C=O) groups is 1. The van der Waals surface area contributed by atoms with Crippen molar-refractivity contribution in [2.75, 3.05) is 0 Å². The third-order valence-corrected chi connectivity index (χ3v) is 5.89. The van der Waals surface area contributed by atoms with Crippen LogP contribution in [-0.4, -0.2) is 5.97 Å². The number of hydrogen-bond acceptors (Lipinski definition) is 2. The highest BCUT2D eigenvalue weighted by atomic mass is 16.5. The average Bonchev–Trinajstić information content (AvgIpc) is 2.69. The summed E-state index contributed by atoms with van der Waals surface area (Å²) in [4.78, 5) is 11.0. The minimum Gasteiger partial charge on any atom is -0.427 e. The molecule has 3 rings (SSSR count). The molecule has 2 heteroatoms. The Morgan fingerprint density at radius 3 is 2.04 bits per heavy atom. The van der Waals surface area contributed by atoms with Crippen LogP contribution in [0.3, 0.4) is 0 Å². The molecule has 1 fully saturated rings. The Bertz CT molecular complexity index is 707. The molecule has 0 atom stereocenters. The number of rotatable bonds is 7. The minimum absolute atomic E-state index is 0.285. The summed E-state index contributed by atoms with van der Waals surface area (Å²) in [6.07, 6.45) is 11.0. The van der Waals surface area contributed by atoms with Crippen LogP contribution in [0.5, 0.6) is 5.75 Å². The van der Waals surface area contributed by atoms with Crippen LogP contribution in [-0.2, 0) is 4.79 Å². The molecule has 27 heavy (non-hydrogen) atoms. The SMILES string of the molecule is CCCCCC1CCC(c2ccc(-c3ccc(OC(C)=O)cc3)cc2)CC1. The number of ether oxygens (including phenoxy) is 1. The molecule has 0 unspecified atom stereocenters. The lowest BCUT2D eigenvalue weighted by molar-refractivity contribution is -0.131. The summed E-state index contributed by atoms with van der Waals surface area (Å²) in [5, 5.41) is 0. The first-order chi connectivity index (χ1) is 13.2. The van der Waals surface area contributed by atoms with Gasteiger partial charge in [0, 0.05) is 6.92 Å². The quantitative estimate of drug-likeness (QED) is 0.297. The van der Waals surface area contributed by atoms with Crippen LogP contribution in [0.15, 0.2) is 48.5 Å². The number of benzene rings is 2. The first-order valence-corrected chi connectivity index (χ1v) is 10.5. The lowest BCUT2D eigenvalue weighted by Crippen LogP contribution is -2.13. The summed E-state index contributed by atoms with van der Waals surface area (Å²) in [7, 11) is 0. The van der Waals surface area contributed by atoms with Gasteiger partial charge in [-0.15, -0.1) is 0 Å². The maximum absolute atomic E-state index is 11.0. The zero-order chi connectivity index (χ0) is 19.1. The molecule has 0 amide bonds. The zero-order valence-corrected chi connectivity index (χ0v) is 16.7. The van der Waals surface area contributed by atoms with E-state index in [0.717, 1.165) is 17.4 Å². The monoisotopic (exact) mass is 364 g/mol. The number of hydrogen-bond donors (Lipinski definition) is 0. The first-order valence-electron chi connectivity index (χ1n) is 10.5. The second-order valence-corrected chi connectivity index (χ2v) is 7.95. The van der Waals surface area contributed by atoms with Crippen molar-refractivity contribution in [2.45, 2.75) is 71.1 Å². The topological polar surface area (TPSA) is 26.3 Å². The molecule has 1 aliphatic carbocycles. The lowest BCUT2D eigenvalue weighted by Gasteiger charge is -2.29. The fourth-order valence-corrected chi connectivity index (χ4v) is 4.30. The van der Waals surface area contributed by atoms with Gasteiger partial charge in [-0.25, -0.2) is 0 Å². The second kappa shape index (κ2) is 9.73. The van der Waals surface area contributed by atoms with Gasteiger partial charge in [-0.05, 0) is 66.3 Å². The smallest absolute Gasteiger partial charge is 0.308 e. The van der Waals surface area contributed by atoms with E-state index in [2.05, 4.69) is 31.2 Å². The predicted molar refractivity (Wildman–Crippen MR) is 112 cm³/mol. The standard InChI is InChI=1S/C25H32O2/c1-3-4-5-6-20-7-9-21(10-8-20)22-11-13-23(14-12-22)24-15-17-25(18-16-24)27-19(2)26/h11-18,20-21H,3-10H2,1-2H3. The van der Waals surface area contributed by atoms with Gasteiger partial charge < -0.3 is 4.74 Å². The number of esters is 1. The van der Waals surface area contributed by atoms with E-state index >= 15 is 0 Å². The van der Waals surface area contributed by atoms with Crippen LogP contribution in [0, 0.1) is 5.92 Å². The van der Waals surface area contributed by atoms with E-state index in [1.54, 1.807) is 0 Å². The second-order valence-electron chi connectivity index (χ2n) is 7.95. The van der Waals surface area contributed by atoms with Gasteiger partial charge in [0.25, 0.3) is 0 Å².